The van der Waals surface area contributed by atoms with Crippen LogP contribution in [-0.4, -0.2) is 46.9 Å². The van der Waals surface area contributed by atoms with Crippen LogP contribution in [-0.2, 0) is 14.3 Å². The number of carbonyl (C=O) groups excluding carboxylic acids is 3. The van der Waals surface area contributed by atoms with E-state index in [2.05, 4.69) is 0 Å². The molecule has 1 amide bonds. The Balaban J connectivity index is 1.76. The van der Waals surface area contributed by atoms with Gasteiger partial charge in [0.15, 0.2) is 12.5 Å². The molecule has 0 spiro atoms. The molecule has 1 saturated carbocycles. The van der Waals surface area contributed by atoms with Crippen molar-refractivity contribution in [2.75, 3.05) is 13.3 Å². The fraction of sp³-hybridized carbons (Fsp3) is 0.609. The molecule has 32 heavy (non-hydrogen) atoms. The summed E-state index contributed by atoms with van der Waals surface area (Å²) in [6.45, 7) is 3.01. The summed E-state index contributed by atoms with van der Waals surface area (Å²) < 4.78 is 10.7. The number of carbonyl (C=O) groups is 3. The summed E-state index contributed by atoms with van der Waals surface area (Å²) in [6.07, 6.45) is 7.76. The summed E-state index contributed by atoms with van der Waals surface area (Å²) in [5.74, 6) is -0.380. The highest BCUT2D eigenvalue weighted by atomic mass is 16.6. The van der Waals surface area contributed by atoms with Crippen molar-refractivity contribution >= 4 is 23.3 Å². The number of nitro benzene ring substituents is 1. The van der Waals surface area contributed by atoms with Crippen LogP contribution in [0.4, 0.5) is 5.69 Å². The Labute approximate surface area is 188 Å². The number of rotatable bonds is 12. The predicted molar refractivity (Wildman–Crippen MR) is 117 cm³/mol. The van der Waals surface area contributed by atoms with Crippen LogP contribution < -0.4 is 4.74 Å². The van der Waals surface area contributed by atoms with Crippen LogP contribution in [0.25, 0.3) is 0 Å². The molecule has 1 fully saturated rings. The molecule has 2 rings (SSSR count). The Morgan fingerprint density at radius 1 is 1.09 bits per heavy atom. The number of ether oxygens (including phenoxy) is 2. The monoisotopic (exact) mass is 448 g/mol. The Morgan fingerprint density at radius 2 is 1.81 bits per heavy atom. The SMILES string of the molecule is CC(=O)OCN(C(=O)CCCCCOc1ccc([N+](=O)[O-])c(C(C)=O)c1)C1CCCCC1. The molecule has 0 radical (unpaired) electrons. The highest BCUT2D eigenvalue weighted by Crippen LogP contribution is 2.25. The standard InChI is InChI=1S/C23H32N2O7/c1-17(26)21-15-20(12-13-22(21)25(29)30)31-14-8-4-7-11-23(28)24(16-32-18(2)27)19-9-5-3-6-10-19/h12-13,15,19H,3-11,14,16H2,1-2H3. The van der Waals surface area contributed by atoms with Crippen molar-refractivity contribution in [2.45, 2.75) is 77.7 Å². The van der Waals surface area contributed by atoms with Gasteiger partial charge in [-0.3, -0.25) is 24.5 Å². The number of unbranched alkanes of at least 4 members (excludes halogenated alkanes) is 2. The summed E-state index contributed by atoms with van der Waals surface area (Å²) in [6, 6.07) is 4.27. The molecule has 9 heteroatoms. The summed E-state index contributed by atoms with van der Waals surface area (Å²) in [4.78, 5) is 47.7. The average Bonchev–Trinajstić information content (AvgIpc) is 2.76. The molecule has 1 aliphatic carbocycles. The van der Waals surface area contributed by atoms with Gasteiger partial charge in [0.05, 0.1) is 17.1 Å². The number of esters is 1. The van der Waals surface area contributed by atoms with Crippen LogP contribution in [0, 0.1) is 10.1 Å². The summed E-state index contributed by atoms with van der Waals surface area (Å²) in [5.41, 5.74) is -0.215. The van der Waals surface area contributed by atoms with Crippen molar-refractivity contribution in [3.8, 4) is 5.75 Å². The van der Waals surface area contributed by atoms with Crippen LogP contribution in [0.1, 0.15) is 82.0 Å². The van der Waals surface area contributed by atoms with Crippen LogP contribution >= 0.6 is 0 Å². The van der Waals surface area contributed by atoms with E-state index >= 15 is 0 Å². The van der Waals surface area contributed by atoms with Gasteiger partial charge in [-0.25, -0.2) is 0 Å². The van der Waals surface area contributed by atoms with E-state index in [0.29, 0.717) is 31.6 Å². The highest BCUT2D eigenvalue weighted by molar-refractivity contribution is 5.98. The van der Waals surface area contributed by atoms with E-state index in [4.69, 9.17) is 9.47 Å². The number of amides is 1. The van der Waals surface area contributed by atoms with E-state index in [1.54, 1.807) is 4.90 Å². The third kappa shape index (κ3) is 7.94. The van der Waals surface area contributed by atoms with Crippen molar-refractivity contribution in [3.63, 3.8) is 0 Å². The maximum absolute atomic E-state index is 12.7. The topological polar surface area (TPSA) is 116 Å². The van der Waals surface area contributed by atoms with Gasteiger partial charge in [0.2, 0.25) is 5.91 Å². The number of ketones is 1. The van der Waals surface area contributed by atoms with E-state index in [-0.39, 0.29) is 29.9 Å². The zero-order valence-electron chi connectivity index (χ0n) is 18.8. The third-order valence-corrected chi connectivity index (χ3v) is 5.59. The molecule has 0 unspecified atom stereocenters. The smallest absolute Gasteiger partial charge is 0.304 e. The van der Waals surface area contributed by atoms with Gasteiger partial charge in [-0.1, -0.05) is 19.3 Å². The molecule has 9 nitrogen and oxygen atoms in total. The van der Waals surface area contributed by atoms with Crippen molar-refractivity contribution in [1.82, 2.24) is 4.90 Å². The van der Waals surface area contributed by atoms with Crippen molar-refractivity contribution in [2.24, 2.45) is 0 Å². The van der Waals surface area contributed by atoms with Crippen LogP contribution in [0.5, 0.6) is 5.75 Å². The molecule has 0 N–H and O–H groups in total. The molecule has 1 aromatic rings. The number of nitro groups is 1. The van der Waals surface area contributed by atoms with Crippen LogP contribution in [0.3, 0.4) is 0 Å². The van der Waals surface area contributed by atoms with E-state index < -0.39 is 16.7 Å². The first-order chi connectivity index (χ1) is 15.3. The number of Topliss-reactive ketones (excluding diaryl/α,β-unsaturated/α-hetero) is 1. The van der Waals surface area contributed by atoms with Crippen LogP contribution in [0.15, 0.2) is 18.2 Å². The van der Waals surface area contributed by atoms with Gasteiger partial charge in [0, 0.05) is 25.5 Å². The normalized spacial score (nSPS) is 13.9. The van der Waals surface area contributed by atoms with Gasteiger partial charge in [-0.05, 0) is 51.2 Å². The van der Waals surface area contributed by atoms with Gasteiger partial charge >= 0.3 is 5.97 Å². The lowest BCUT2D eigenvalue weighted by Crippen LogP contribution is -2.43. The predicted octanol–water partition coefficient (Wildman–Crippen LogP) is 4.42. The quantitative estimate of drug-likeness (QED) is 0.116. The number of hydrogen-bond donors (Lipinski definition) is 0. The van der Waals surface area contributed by atoms with Crippen molar-refractivity contribution in [1.29, 1.82) is 0 Å². The Hall–Kier alpha value is -2.97. The van der Waals surface area contributed by atoms with E-state index in [1.165, 1.54) is 38.5 Å². The van der Waals surface area contributed by atoms with E-state index in [1.807, 2.05) is 0 Å². The number of benzene rings is 1. The largest absolute Gasteiger partial charge is 0.494 e. The molecular weight excluding hydrogens is 416 g/mol. The molecule has 0 bridgehead atoms. The minimum atomic E-state index is -0.588. The van der Waals surface area contributed by atoms with Gasteiger partial charge in [0.25, 0.3) is 5.69 Å². The molecule has 0 aromatic heterocycles. The highest BCUT2D eigenvalue weighted by Gasteiger charge is 2.25. The van der Waals surface area contributed by atoms with Crippen LogP contribution in [0.2, 0.25) is 0 Å². The lowest BCUT2D eigenvalue weighted by molar-refractivity contribution is -0.385. The molecule has 0 saturated heterocycles. The first kappa shape index (κ1) is 25.3. The lowest BCUT2D eigenvalue weighted by atomic mass is 9.94. The fourth-order valence-corrected chi connectivity index (χ4v) is 3.87. The second-order valence-corrected chi connectivity index (χ2v) is 8.07. The van der Waals surface area contributed by atoms with E-state index in [0.717, 1.165) is 32.1 Å². The third-order valence-electron chi connectivity index (χ3n) is 5.59. The minimum absolute atomic E-state index is 0.000497. The fourth-order valence-electron chi connectivity index (χ4n) is 3.87. The van der Waals surface area contributed by atoms with Gasteiger partial charge < -0.3 is 14.4 Å². The van der Waals surface area contributed by atoms with E-state index in [9.17, 15) is 24.5 Å². The first-order valence-electron chi connectivity index (χ1n) is 11.1. The second-order valence-electron chi connectivity index (χ2n) is 8.07. The Bertz CT molecular complexity index is 819. The first-order valence-corrected chi connectivity index (χ1v) is 11.1. The molecule has 0 heterocycles. The average molecular weight is 449 g/mol. The minimum Gasteiger partial charge on any atom is -0.494 e. The molecule has 1 aromatic carbocycles. The second kappa shape index (κ2) is 12.8. The molecular formula is C23H32N2O7. The molecule has 176 valence electrons. The summed E-state index contributed by atoms with van der Waals surface area (Å²) >= 11 is 0. The Kier molecular flexibility index (Phi) is 10.1. The maximum Gasteiger partial charge on any atom is 0.304 e. The summed E-state index contributed by atoms with van der Waals surface area (Å²) in [7, 11) is 0. The zero-order chi connectivity index (χ0) is 23.5. The zero-order valence-corrected chi connectivity index (χ0v) is 18.8. The lowest BCUT2D eigenvalue weighted by Gasteiger charge is -2.33. The number of nitrogens with zero attached hydrogens (tertiary/aromatic N) is 2. The Morgan fingerprint density at radius 3 is 2.44 bits per heavy atom. The maximum atomic E-state index is 12.7. The van der Waals surface area contributed by atoms with Gasteiger partial charge in [-0.2, -0.15) is 0 Å². The molecule has 1 aliphatic rings. The number of hydrogen-bond acceptors (Lipinski definition) is 7. The van der Waals surface area contributed by atoms with Gasteiger partial charge in [0.1, 0.15) is 5.75 Å². The molecule has 0 aliphatic heterocycles. The van der Waals surface area contributed by atoms with Crippen molar-refractivity contribution in [3.05, 3.63) is 33.9 Å². The van der Waals surface area contributed by atoms with Gasteiger partial charge in [-0.15, -0.1) is 0 Å². The van der Waals surface area contributed by atoms with Crippen molar-refractivity contribution < 1.29 is 28.8 Å². The summed E-state index contributed by atoms with van der Waals surface area (Å²) in [5, 5.41) is 11.0. The molecule has 0 atom stereocenters.